The molecule has 0 saturated heterocycles. The lowest BCUT2D eigenvalue weighted by Crippen LogP contribution is -1.99. The summed E-state index contributed by atoms with van der Waals surface area (Å²) in [6.07, 6.45) is 1.45. The molecule has 1 aromatic heterocycles. The van der Waals surface area contributed by atoms with Crippen LogP contribution >= 0.6 is 0 Å². The molecule has 1 rings (SSSR count). The van der Waals surface area contributed by atoms with Gasteiger partial charge in [-0.2, -0.15) is 0 Å². The van der Waals surface area contributed by atoms with Crippen LogP contribution in [0.1, 0.15) is 16.7 Å². The number of nitrogens with zero attached hydrogens (tertiary/aromatic N) is 1. The van der Waals surface area contributed by atoms with Crippen molar-refractivity contribution in [2.45, 2.75) is 13.5 Å². The minimum atomic E-state index is -2.41. The Bertz CT molecular complexity index is 314. The number of pyridine rings is 1. The smallest absolute Gasteiger partial charge is 0.143 e. The summed E-state index contributed by atoms with van der Waals surface area (Å²) in [5.74, 6) is 0.504. The number of hydrogen-bond donors (Lipinski definition) is 0. The molecule has 1 aromatic rings. The lowest BCUT2D eigenvalue weighted by molar-refractivity contribution is 0.176. The van der Waals surface area contributed by atoms with E-state index in [0.29, 0.717) is 18.1 Å². The molecule has 0 amide bonds. The van der Waals surface area contributed by atoms with E-state index in [1.807, 2.05) is 6.92 Å². The fourth-order valence-corrected chi connectivity index (χ4v) is 0.832. The van der Waals surface area contributed by atoms with Crippen molar-refractivity contribution in [3.8, 4) is 5.75 Å². The highest BCUT2D eigenvalue weighted by molar-refractivity contribution is 5.25. The summed E-state index contributed by atoms with van der Waals surface area (Å²) < 4.78 is 30.6. The van der Waals surface area contributed by atoms with Gasteiger partial charge in [-0.05, 0) is 13.0 Å². The van der Waals surface area contributed by atoms with Crippen molar-refractivity contribution in [3.63, 3.8) is 0 Å². The number of aromatic nitrogens is 1. The van der Waals surface area contributed by atoms with Crippen LogP contribution in [0.15, 0.2) is 12.3 Å². The predicted molar refractivity (Wildman–Crippen MR) is 45.0 cm³/mol. The Balaban J connectivity index is 2.67. The van der Waals surface area contributed by atoms with Crippen molar-refractivity contribution < 1.29 is 13.6 Å². The zero-order valence-corrected chi connectivity index (χ0v) is 6.83. The standard InChI is InChI=1S/C9H12NO2/c1-3-12-9-5-4-6-10-8(9)7-11-2/h5-6H,3,7H2,1-2H3/i2D3. The minimum Gasteiger partial charge on any atom is -0.492 e. The summed E-state index contributed by atoms with van der Waals surface area (Å²) in [5.41, 5.74) is 0.465. The van der Waals surface area contributed by atoms with E-state index in [-0.39, 0.29) is 6.61 Å². The van der Waals surface area contributed by atoms with E-state index in [0.717, 1.165) is 0 Å². The van der Waals surface area contributed by atoms with Crippen LogP contribution in [-0.4, -0.2) is 18.6 Å². The number of rotatable bonds is 4. The van der Waals surface area contributed by atoms with Crippen LogP contribution in [0.25, 0.3) is 0 Å². The van der Waals surface area contributed by atoms with E-state index in [9.17, 15) is 0 Å². The molecule has 0 saturated carbocycles. The van der Waals surface area contributed by atoms with Crippen LogP contribution in [0.4, 0.5) is 0 Å². The molecule has 1 radical (unpaired) electrons. The molecule has 0 aliphatic rings. The molecule has 0 N–H and O–H groups in total. The van der Waals surface area contributed by atoms with Gasteiger partial charge >= 0.3 is 0 Å². The SMILES string of the molecule is [2H]C([2H])([2H])OCc1nc[c]cc1OCC. The van der Waals surface area contributed by atoms with E-state index in [2.05, 4.69) is 15.8 Å². The fraction of sp³-hybridized carbons (Fsp3) is 0.444. The Labute approximate surface area is 76.6 Å². The van der Waals surface area contributed by atoms with Crippen molar-refractivity contribution >= 4 is 0 Å². The van der Waals surface area contributed by atoms with Gasteiger partial charge in [0.2, 0.25) is 0 Å². The summed E-state index contributed by atoms with van der Waals surface area (Å²) in [7, 11) is -2.41. The van der Waals surface area contributed by atoms with Crippen LogP contribution in [-0.2, 0) is 11.3 Å². The van der Waals surface area contributed by atoms with E-state index in [4.69, 9.17) is 8.85 Å². The normalized spacial score (nSPS) is 14.6. The molecule has 0 aliphatic heterocycles. The van der Waals surface area contributed by atoms with Crippen molar-refractivity contribution in [2.24, 2.45) is 0 Å². The van der Waals surface area contributed by atoms with Gasteiger partial charge in [0.05, 0.1) is 17.3 Å². The first-order valence-electron chi connectivity index (χ1n) is 5.14. The van der Waals surface area contributed by atoms with Gasteiger partial charge in [0.1, 0.15) is 11.4 Å². The first kappa shape index (κ1) is 5.54. The Morgan fingerprint density at radius 3 is 3.42 bits per heavy atom. The molecule has 65 valence electrons. The second-order valence-electron chi connectivity index (χ2n) is 2.10. The first-order valence-corrected chi connectivity index (χ1v) is 3.64. The van der Waals surface area contributed by atoms with E-state index in [1.165, 1.54) is 6.20 Å². The van der Waals surface area contributed by atoms with E-state index in [1.54, 1.807) is 6.07 Å². The van der Waals surface area contributed by atoms with Crippen molar-refractivity contribution in [1.29, 1.82) is 0 Å². The first-order chi connectivity index (χ1) is 7.03. The Morgan fingerprint density at radius 2 is 2.67 bits per heavy atom. The second-order valence-corrected chi connectivity index (χ2v) is 2.10. The topological polar surface area (TPSA) is 31.4 Å². The van der Waals surface area contributed by atoms with E-state index >= 15 is 0 Å². The molecule has 0 spiro atoms. The van der Waals surface area contributed by atoms with Crippen molar-refractivity contribution in [2.75, 3.05) is 13.6 Å². The Morgan fingerprint density at radius 1 is 1.75 bits per heavy atom. The highest BCUT2D eigenvalue weighted by Gasteiger charge is 2.01. The monoisotopic (exact) mass is 169 g/mol. The van der Waals surface area contributed by atoms with Gasteiger partial charge < -0.3 is 9.47 Å². The van der Waals surface area contributed by atoms with Gasteiger partial charge in [0.15, 0.2) is 0 Å². The third-order valence-corrected chi connectivity index (χ3v) is 1.30. The minimum absolute atomic E-state index is 0.0967. The molecule has 3 nitrogen and oxygen atoms in total. The van der Waals surface area contributed by atoms with Crippen molar-refractivity contribution in [3.05, 3.63) is 24.0 Å². The summed E-state index contributed by atoms with van der Waals surface area (Å²) in [6, 6.07) is 4.36. The van der Waals surface area contributed by atoms with Crippen molar-refractivity contribution in [1.82, 2.24) is 4.98 Å². The average Bonchev–Trinajstić information content (AvgIpc) is 2.16. The average molecular weight is 169 g/mol. The van der Waals surface area contributed by atoms with Gasteiger partial charge in [-0.1, -0.05) is 0 Å². The molecule has 0 atom stereocenters. The Kier molecular flexibility index (Phi) is 2.18. The second kappa shape index (κ2) is 4.72. The summed E-state index contributed by atoms with van der Waals surface area (Å²) >= 11 is 0. The van der Waals surface area contributed by atoms with Gasteiger partial charge in [0.25, 0.3) is 0 Å². The van der Waals surface area contributed by atoms with Gasteiger partial charge in [-0.3, -0.25) is 4.98 Å². The molecule has 0 aliphatic carbocycles. The molecule has 0 aromatic carbocycles. The van der Waals surface area contributed by atoms with Gasteiger partial charge in [0, 0.05) is 19.3 Å². The molecule has 0 fully saturated rings. The van der Waals surface area contributed by atoms with Crippen LogP contribution in [0, 0.1) is 6.07 Å². The molecule has 3 heteroatoms. The van der Waals surface area contributed by atoms with E-state index < -0.39 is 7.04 Å². The highest BCUT2D eigenvalue weighted by atomic mass is 16.5. The van der Waals surface area contributed by atoms with Crippen LogP contribution in [0.5, 0.6) is 5.75 Å². The molecular formula is C9H12NO2. The number of ether oxygens (including phenoxy) is 2. The molecular weight excluding hydrogens is 154 g/mol. The summed E-state index contributed by atoms with van der Waals surface area (Å²) in [4.78, 5) is 3.94. The quantitative estimate of drug-likeness (QED) is 0.683. The summed E-state index contributed by atoms with van der Waals surface area (Å²) in [5, 5.41) is 0. The third kappa shape index (κ3) is 2.20. The highest BCUT2D eigenvalue weighted by Crippen LogP contribution is 2.14. The zero-order valence-electron chi connectivity index (χ0n) is 9.83. The predicted octanol–water partition coefficient (Wildman–Crippen LogP) is 1.43. The van der Waals surface area contributed by atoms with Gasteiger partial charge in [-0.25, -0.2) is 0 Å². The maximum Gasteiger partial charge on any atom is 0.143 e. The van der Waals surface area contributed by atoms with Gasteiger partial charge in [-0.15, -0.1) is 0 Å². The maximum absolute atomic E-state index is 6.89. The fourth-order valence-electron chi connectivity index (χ4n) is 0.832. The maximum atomic E-state index is 6.89. The lowest BCUT2D eigenvalue weighted by Gasteiger charge is -2.06. The molecule has 12 heavy (non-hydrogen) atoms. The molecule has 0 bridgehead atoms. The molecule has 1 heterocycles. The lowest BCUT2D eigenvalue weighted by atomic mass is 10.3. The largest absolute Gasteiger partial charge is 0.492 e. The van der Waals surface area contributed by atoms with Crippen LogP contribution < -0.4 is 4.74 Å². The number of hydrogen-bond acceptors (Lipinski definition) is 3. The van der Waals surface area contributed by atoms with Crippen LogP contribution in [0.2, 0.25) is 0 Å². The Hall–Kier alpha value is -1.09. The number of methoxy groups -OCH3 is 1. The summed E-state index contributed by atoms with van der Waals surface area (Å²) in [6.45, 7) is 2.22. The zero-order chi connectivity index (χ0) is 11.3. The molecule has 0 unspecified atom stereocenters. The van der Waals surface area contributed by atoms with Crippen LogP contribution in [0.3, 0.4) is 0 Å². The third-order valence-electron chi connectivity index (χ3n) is 1.30.